The molecule has 0 unspecified atom stereocenters. The molecule has 1 aliphatic heterocycles. The Morgan fingerprint density at radius 1 is 1.39 bits per heavy atom. The molecule has 0 spiro atoms. The van der Waals surface area contributed by atoms with E-state index in [1.54, 1.807) is 29.7 Å². The van der Waals surface area contributed by atoms with Crippen LogP contribution in [0.1, 0.15) is 22.8 Å². The highest BCUT2D eigenvalue weighted by atomic mass is 32.1. The van der Waals surface area contributed by atoms with E-state index in [9.17, 15) is 4.79 Å². The van der Waals surface area contributed by atoms with E-state index in [0.29, 0.717) is 36.9 Å². The lowest BCUT2D eigenvalue weighted by atomic mass is 10.1. The fraction of sp³-hybridized carbons (Fsp3) is 0.312. The smallest absolute Gasteiger partial charge is 0.238 e. The summed E-state index contributed by atoms with van der Waals surface area (Å²) in [7, 11) is 0. The topological polar surface area (TPSA) is 72.4 Å². The lowest BCUT2D eigenvalue weighted by Gasteiger charge is -2.26. The zero-order valence-corrected chi connectivity index (χ0v) is 13.2. The second-order valence-corrected chi connectivity index (χ2v) is 6.42. The van der Waals surface area contributed by atoms with Gasteiger partial charge in [-0.2, -0.15) is 4.98 Å². The van der Waals surface area contributed by atoms with Gasteiger partial charge in [-0.15, -0.1) is 11.3 Å². The Morgan fingerprint density at radius 2 is 2.35 bits per heavy atom. The van der Waals surface area contributed by atoms with Gasteiger partial charge in [0.25, 0.3) is 0 Å². The fourth-order valence-electron chi connectivity index (χ4n) is 2.70. The highest BCUT2D eigenvalue weighted by molar-refractivity contribution is 7.10. The Labute approximate surface area is 136 Å². The molecule has 1 aliphatic rings. The molecule has 7 heteroatoms. The minimum Gasteiger partial charge on any atom is -0.461 e. The highest BCUT2D eigenvalue weighted by Crippen LogP contribution is 2.24. The van der Waals surface area contributed by atoms with Crippen LogP contribution in [0, 0.1) is 0 Å². The molecule has 0 bridgehead atoms. The van der Waals surface area contributed by atoms with Gasteiger partial charge in [0.2, 0.25) is 17.6 Å². The molecular formula is C16H15N3O3S. The predicted molar refractivity (Wildman–Crippen MR) is 83.8 cm³/mol. The third kappa shape index (κ3) is 2.92. The first kappa shape index (κ1) is 14.2. The summed E-state index contributed by atoms with van der Waals surface area (Å²) < 4.78 is 10.4. The van der Waals surface area contributed by atoms with E-state index in [2.05, 4.69) is 21.6 Å². The van der Waals surface area contributed by atoms with Gasteiger partial charge in [-0.25, -0.2) is 0 Å². The number of aryl methyl sites for hydroxylation is 1. The van der Waals surface area contributed by atoms with Crippen molar-refractivity contribution in [2.24, 2.45) is 0 Å². The van der Waals surface area contributed by atoms with E-state index < -0.39 is 0 Å². The second kappa shape index (κ2) is 6.00. The average Bonchev–Trinajstić information content (AvgIpc) is 3.32. The van der Waals surface area contributed by atoms with Crippen LogP contribution >= 0.6 is 11.3 Å². The minimum absolute atomic E-state index is 0.125. The molecule has 23 heavy (non-hydrogen) atoms. The highest BCUT2D eigenvalue weighted by Gasteiger charge is 2.22. The van der Waals surface area contributed by atoms with Gasteiger partial charge in [0, 0.05) is 30.8 Å². The molecule has 4 heterocycles. The molecule has 0 saturated heterocycles. The van der Waals surface area contributed by atoms with Gasteiger partial charge in [-0.1, -0.05) is 5.16 Å². The van der Waals surface area contributed by atoms with Crippen LogP contribution in [-0.2, 0) is 24.2 Å². The number of carbonyl (C=O) groups excluding carboxylic acids is 1. The van der Waals surface area contributed by atoms with Crippen molar-refractivity contribution < 1.29 is 13.7 Å². The standard InChI is InChI=1S/C16H15N3O3S/c20-15(19-7-5-13-11(10-19)6-9-23-13)4-3-14-17-16(18-22-14)12-2-1-8-21-12/h1-2,6,8-9H,3-5,7,10H2. The van der Waals surface area contributed by atoms with Gasteiger partial charge in [0.05, 0.1) is 6.26 Å². The third-order valence-electron chi connectivity index (χ3n) is 3.92. The number of carbonyl (C=O) groups is 1. The molecule has 0 fully saturated rings. The number of furan rings is 1. The largest absolute Gasteiger partial charge is 0.461 e. The first-order chi connectivity index (χ1) is 11.3. The van der Waals surface area contributed by atoms with E-state index in [4.69, 9.17) is 8.94 Å². The van der Waals surface area contributed by atoms with Crippen LogP contribution in [0.4, 0.5) is 0 Å². The summed E-state index contributed by atoms with van der Waals surface area (Å²) in [5, 5.41) is 5.96. The van der Waals surface area contributed by atoms with Gasteiger partial charge in [-0.05, 0) is 35.6 Å². The zero-order valence-electron chi connectivity index (χ0n) is 12.4. The lowest BCUT2D eigenvalue weighted by molar-refractivity contribution is -0.132. The molecular weight excluding hydrogens is 314 g/mol. The number of rotatable bonds is 4. The summed E-state index contributed by atoms with van der Waals surface area (Å²) in [4.78, 5) is 19.9. The summed E-state index contributed by atoms with van der Waals surface area (Å²) >= 11 is 1.77. The summed E-state index contributed by atoms with van der Waals surface area (Å²) in [5.41, 5.74) is 1.27. The van der Waals surface area contributed by atoms with E-state index >= 15 is 0 Å². The van der Waals surface area contributed by atoms with Crippen LogP contribution < -0.4 is 0 Å². The molecule has 6 nitrogen and oxygen atoms in total. The van der Waals surface area contributed by atoms with Crippen molar-refractivity contribution in [3.05, 3.63) is 46.2 Å². The van der Waals surface area contributed by atoms with Crippen molar-refractivity contribution in [1.29, 1.82) is 0 Å². The molecule has 3 aromatic heterocycles. The van der Waals surface area contributed by atoms with E-state index in [0.717, 1.165) is 13.0 Å². The van der Waals surface area contributed by atoms with E-state index in [1.165, 1.54) is 10.4 Å². The summed E-state index contributed by atoms with van der Waals surface area (Å²) in [6, 6.07) is 5.64. The van der Waals surface area contributed by atoms with Crippen molar-refractivity contribution in [3.63, 3.8) is 0 Å². The summed E-state index contributed by atoms with van der Waals surface area (Å²) in [5.74, 6) is 1.56. The maximum atomic E-state index is 12.4. The molecule has 0 radical (unpaired) electrons. The number of hydrogen-bond donors (Lipinski definition) is 0. The van der Waals surface area contributed by atoms with Crippen molar-refractivity contribution in [3.8, 4) is 11.6 Å². The maximum Gasteiger partial charge on any atom is 0.238 e. The first-order valence-corrected chi connectivity index (χ1v) is 8.37. The van der Waals surface area contributed by atoms with Gasteiger partial charge in [0.15, 0.2) is 5.76 Å². The molecule has 118 valence electrons. The number of fused-ring (bicyclic) bond motifs is 1. The Bertz CT molecular complexity index is 806. The molecule has 4 rings (SSSR count). The lowest BCUT2D eigenvalue weighted by Crippen LogP contribution is -2.35. The Hall–Kier alpha value is -2.41. The van der Waals surface area contributed by atoms with Gasteiger partial charge in [0.1, 0.15) is 0 Å². The summed E-state index contributed by atoms with van der Waals surface area (Å²) in [6.45, 7) is 1.49. The van der Waals surface area contributed by atoms with Crippen LogP contribution in [-0.4, -0.2) is 27.5 Å². The van der Waals surface area contributed by atoms with Crippen LogP contribution in [0.3, 0.4) is 0 Å². The maximum absolute atomic E-state index is 12.4. The SMILES string of the molecule is O=C(CCc1nc(-c2ccco2)no1)N1CCc2sccc2C1. The molecule has 3 aromatic rings. The van der Waals surface area contributed by atoms with Crippen LogP contribution in [0.15, 0.2) is 38.8 Å². The van der Waals surface area contributed by atoms with Gasteiger partial charge in [-0.3, -0.25) is 4.79 Å². The number of nitrogens with zero attached hydrogens (tertiary/aromatic N) is 3. The molecule has 0 atom stereocenters. The second-order valence-electron chi connectivity index (χ2n) is 5.42. The number of thiophene rings is 1. The summed E-state index contributed by atoms with van der Waals surface area (Å²) in [6.07, 6.45) is 3.32. The van der Waals surface area contributed by atoms with Crippen LogP contribution in [0.5, 0.6) is 0 Å². The normalized spacial score (nSPS) is 14.0. The third-order valence-corrected chi connectivity index (χ3v) is 4.95. The predicted octanol–water partition coefficient (Wildman–Crippen LogP) is 2.91. The molecule has 0 aromatic carbocycles. The monoisotopic (exact) mass is 329 g/mol. The molecule has 1 amide bonds. The van der Waals surface area contributed by atoms with Crippen molar-refractivity contribution in [2.45, 2.75) is 25.8 Å². The molecule has 0 saturated carbocycles. The van der Waals surface area contributed by atoms with Gasteiger partial charge >= 0.3 is 0 Å². The Kier molecular flexibility index (Phi) is 3.70. The Morgan fingerprint density at radius 3 is 3.22 bits per heavy atom. The van der Waals surface area contributed by atoms with Crippen LogP contribution in [0.25, 0.3) is 11.6 Å². The number of amides is 1. The molecule has 0 N–H and O–H groups in total. The Balaban J connectivity index is 1.35. The first-order valence-electron chi connectivity index (χ1n) is 7.49. The van der Waals surface area contributed by atoms with Gasteiger partial charge < -0.3 is 13.8 Å². The van der Waals surface area contributed by atoms with Crippen LogP contribution in [0.2, 0.25) is 0 Å². The number of aromatic nitrogens is 2. The van der Waals surface area contributed by atoms with Crippen molar-refractivity contribution >= 4 is 17.2 Å². The van der Waals surface area contributed by atoms with Crippen molar-refractivity contribution in [1.82, 2.24) is 15.0 Å². The van der Waals surface area contributed by atoms with Crippen molar-refractivity contribution in [2.75, 3.05) is 6.54 Å². The quantitative estimate of drug-likeness (QED) is 0.736. The minimum atomic E-state index is 0.125. The molecule has 0 aliphatic carbocycles. The van der Waals surface area contributed by atoms with E-state index in [-0.39, 0.29) is 5.91 Å². The number of hydrogen-bond acceptors (Lipinski definition) is 6. The average molecular weight is 329 g/mol. The fourth-order valence-corrected chi connectivity index (χ4v) is 3.59. The van der Waals surface area contributed by atoms with E-state index in [1.807, 2.05) is 4.90 Å². The zero-order chi connectivity index (χ0) is 15.6.